The summed E-state index contributed by atoms with van der Waals surface area (Å²) in [4.78, 5) is 0. The second kappa shape index (κ2) is 5.27. The van der Waals surface area contributed by atoms with E-state index in [1.165, 1.54) is 12.1 Å². The number of hydrogen-bond donors (Lipinski definition) is 2. The van der Waals surface area contributed by atoms with Crippen LogP contribution < -0.4 is 5.73 Å². The van der Waals surface area contributed by atoms with Crippen LogP contribution in [0.5, 0.6) is 0 Å². The molecule has 1 aromatic carbocycles. The van der Waals surface area contributed by atoms with Gasteiger partial charge in [-0.15, -0.1) is 12.4 Å². The molecule has 16 heavy (non-hydrogen) atoms. The molecule has 2 rings (SSSR count). The second-order valence-corrected chi connectivity index (χ2v) is 3.74. The van der Waals surface area contributed by atoms with E-state index >= 15 is 0 Å². The Morgan fingerprint density at radius 2 is 2.25 bits per heavy atom. The minimum Gasteiger partial charge on any atom is -0.327 e. The number of nitrogens with two attached hydrogens (primary N) is 1. The topological polar surface area (TPSA) is 54.7 Å². The molecular weight excluding hydrogens is 229 g/mol. The van der Waals surface area contributed by atoms with Crippen molar-refractivity contribution < 1.29 is 4.39 Å². The summed E-state index contributed by atoms with van der Waals surface area (Å²) in [6, 6.07) is 4.67. The Bertz CT molecular complexity index is 469. The second-order valence-electron chi connectivity index (χ2n) is 3.74. The first-order chi connectivity index (χ1) is 7.20. The molecule has 5 heteroatoms. The molecule has 0 saturated carbocycles. The van der Waals surface area contributed by atoms with Crippen molar-refractivity contribution in [2.45, 2.75) is 25.8 Å². The first kappa shape index (κ1) is 12.9. The van der Waals surface area contributed by atoms with Gasteiger partial charge in [-0.1, -0.05) is 6.92 Å². The monoisotopic (exact) mass is 243 g/mol. The van der Waals surface area contributed by atoms with Crippen molar-refractivity contribution in [2.24, 2.45) is 5.73 Å². The Morgan fingerprint density at radius 3 is 2.94 bits per heavy atom. The number of halogens is 2. The number of benzene rings is 1. The Kier molecular flexibility index (Phi) is 4.26. The first-order valence-corrected chi connectivity index (χ1v) is 5.08. The zero-order chi connectivity index (χ0) is 10.8. The van der Waals surface area contributed by atoms with Crippen LogP contribution in [-0.4, -0.2) is 16.2 Å². The van der Waals surface area contributed by atoms with Crippen LogP contribution in [-0.2, 0) is 6.42 Å². The fourth-order valence-electron chi connectivity index (χ4n) is 1.60. The van der Waals surface area contributed by atoms with E-state index in [9.17, 15) is 4.39 Å². The number of H-pyrrole nitrogens is 1. The third-order valence-corrected chi connectivity index (χ3v) is 2.59. The fraction of sp³-hybridized carbons (Fsp3) is 0.364. The Hall–Kier alpha value is -1.13. The molecule has 0 amide bonds. The lowest BCUT2D eigenvalue weighted by atomic mass is 10.1. The molecule has 0 aliphatic carbocycles. The fourth-order valence-corrected chi connectivity index (χ4v) is 1.60. The molecule has 3 nitrogen and oxygen atoms in total. The van der Waals surface area contributed by atoms with Gasteiger partial charge in [0.05, 0.1) is 5.52 Å². The first-order valence-electron chi connectivity index (χ1n) is 5.08. The highest BCUT2D eigenvalue weighted by Gasteiger charge is 2.09. The summed E-state index contributed by atoms with van der Waals surface area (Å²) in [5.41, 5.74) is 7.55. The quantitative estimate of drug-likeness (QED) is 0.870. The SMILES string of the molecule is CCC(N)Cc1[nH]nc2ccc(F)cc12.Cl. The van der Waals surface area contributed by atoms with Crippen molar-refractivity contribution in [1.82, 2.24) is 10.2 Å². The molecule has 3 N–H and O–H groups in total. The number of fused-ring (bicyclic) bond motifs is 1. The maximum Gasteiger partial charge on any atom is 0.124 e. The van der Waals surface area contributed by atoms with Crippen molar-refractivity contribution in [3.05, 3.63) is 29.7 Å². The molecule has 2 aromatic rings. The number of aromatic nitrogens is 2. The lowest BCUT2D eigenvalue weighted by molar-refractivity contribution is 0.627. The predicted octanol–water partition coefficient (Wildman–Crippen LogP) is 2.40. The number of nitrogens with zero attached hydrogens (tertiary/aromatic N) is 1. The summed E-state index contributed by atoms with van der Waals surface area (Å²) < 4.78 is 13.0. The van der Waals surface area contributed by atoms with Gasteiger partial charge in [0.2, 0.25) is 0 Å². The highest BCUT2D eigenvalue weighted by Crippen LogP contribution is 2.18. The van der Waals surface area contributed by atoms with Gasteiger partial charge >= 0.3 is 0 Å². The van der Waals surface area contributed by atoms with E-state index < -0.39 is 0 Å². The van der Waals surface area contributed by atoms with E-state index in [0.29, 0.717) is 6.42 Å². The molecule has 0 bridgehead atoms. The Labute approximate surface area is 99.6 Å². The van der Waals surface area contributed by atoms with E-state index in [-0.39, 0.29) is 24.3 Å². The maximum atomic E-state index is 13.0. The molecule has 0 spiro atoms. The third-order valence-electron chi connectivity index (χ3n) is 2.59. The van der Waals surface area contributed by atoms with Gasteiger partial charge in [0.15, 0.2) is 0 Å². The van der Waals surface area contributed by atoms with Gasteiger partial charge in [0, 0.05) is 23.5 Å². The summed E-state index contributed by atoms with van der Waals surface area (Å²) in [7, 11) is 0. The number of aromatic amines is 1. The molecule has 1 unspecified atom stereocenters. The van der Waals surface area contributed by atoms with Gasteiger partial charge in [-0.05, 0) is 24.6 Å². The lowest BCUT2D eigenvalue weighted by Gasteiger charge is -2.06. The summed E-state index contributed by atoms with van der Waals surface area (Å²) in [6.45, 7) is 2.03. The van der Waals surface area contributed by atoms with E-state index in [2.05, 4.69) is 10.2 Å². The molecule has 0 aliphatic rings. The highest BCUT2D eigenvalue weighted by molar-refractivity contribution is 5.85. The molecule has 88 valence electrons. The number of nitrogens with one attached hydrogen (secondary N) is 1. The van der Waals surface area contributed by atoms with Gasteiger partial charge in [-0.2, -0.15) is 5.10 Å². The summed E-state index contributed by atoms with van der Waals surface area (Å²) in [6.07, 6.45) is 1.60. The highest BCUT2D eigenvalue weighted by atomic mass is 35.5. The summed E-state index contributed by atoms with van der Waals surface area (Å²) in [5, 5.41) is 7.84. The van der Waals surface area contributed by atoms with Gasteiger partial charge in [0.25, 0.3) is 0 Å². The van der Waals surface area contributed by atoms with Crippen LogP contribution in [0.2, 0.25) is 0 Å². The van der Waals surface area contributed by atoms with E-state index in [1.54, 1.807) is 6.07 Å². The van der Waals surface area contributed by atoms with Crippen LogP contribution >= 0.6 is 12.4 Å². The van der Waals surface area contributed by atoms with Crippen molar-refractivity contribution >= 4 is 23.3 Å². The van der Waals surface area contributed by atoms with Gasteiger partial charge in [0.1, 0.15) is 5.82 Å². The van der Waals surface area contributed by atoms with Gasteiger partial charge in [-0.3, -0.25) is 5.10 Å². The van der Waals surface area contributed by atoms with Crippen LogP contribution in [0.3, 0.4) is 0 Å². The van der Waals surface area contributed by atoms with E-state index in [1.807, 2.05) is 6.92 Å². The molecule has 0 aliphatic heterocycles. The maximum absolute atomic E-state index is 13.0. The van der Waals surface area contributed by atoms with Crippen LogP contribution in [0.1, 0.15) is 19.0 Å². The average molecular weight is 244 g/mol. The van der Waals surface area contributed by atoms with Crippen molar-refractivity contribution in [2.75, 3.05) is 0 Å². The molecule has 0 fully saturated rings. The lowest BCUT2D eigenvalue weighted by Crippen LogP contribution is -2.21. The van der Waals surface area contributed by atoms with Gasteiger partial charge < -0.3 is 5.73 Å². The zero-order valence-corrected chi connectivity index (χ0v) is 9.85. The normalized spacial score (nSPS) is 12.4. The van der Waals surface area contributed by atoms with Crippen LogP contribution in [0.25, 0.3) is 10.9 Å². The molecule has 0 radical (unpaired) electrons. The molecule has 1 heterocycles. The molecule has 1 aromatic heterocycles. The molecule has 0 saturated heterocycles. The minimum atomic E-state index is -0.241. The molecular formula is C11H15ClFN3. The Balaban J connectivity index is 0.00000128. The van der Waals surface area contributed by atoms with E-state index in [4.69, 9.17) is 5.73 Å². The molecule has 1 atom stereocenters. The summed E-state index contributed by atoms with van der Waals surface area (Å²) in [5.74, 6) is -0.241. The largest absolute Gasteiger partial charge is 0.327 e. The van der Waals surface area contributed by atoms with Crippen LogP contribution in [0, 0.1) is 5.82 Å². The van der Waals surface area contributed by atoms with Crippen molar-refractivity contribution in [3.8, 4) is 0 Å². The number of hydrogen-bond acceptors (Lipinski definition) is 2. The predicted molar refractivity (Wildman–Crippen MR) is 65.3 cm³/mol. The Morgan fingerprint density at radius 1 is 1.50 bits per heavy atom. The number of rotatable bonds is 3. The van der Waals surface area contributed by atoms with Crippen molar-refractivity contribution in [3.63, 3.8) is 0 Å². The standard InChI is InChI=1S/C11H14FN3.ClH/c1-2-8(13)6-11-9-5-7(12)3-4-10(9)14-15-11;/h3-5,8H,2,6,13H2,1H3,(H,14,15);1H. The van der Waals surface area contributed by atoms with Crippen LogP contribution in [0.15, 0.2) is 18.2 Å². The third kappa shape index (κ3) is 2.51. The minimum absolute atomic E-state index is 0. The average Bonchev–Trinajstić information content (AvgIpc) is 2.61. The van der Waals surface area contributed by atoms with Crippen LogP contribution in [0.4, 0.5) is 4.39 Å². The van der Waals surface area contributed by atoms with E-state index in [0.717, 1.165) is 23.0 Å². The van der Waals surface area contributed by atoms with Gasteiger partial charge in [-0.25, -0.2) is 4.39 Å². The van der Waals surface area contributed by atoms with Crippen molar-refractivity contribution in [1.29, 1.82) is 0 Å². The summed E-state index contributed by atoms with van der Waals surface area (Å²) >= 11 is 0. The zero-order valence-electron chi connectivity index (χ0n) is 9.03. The smallest absolute Gasteiger partial charge is 0.124 e.